The van der Waals surface area contributed by atoms with Gasteiger partial charge in [0.05, 0.1) is 30.2 Å². The van der Waals surface area contributed by atoms with Gasteiger partial charge < -0.3 is 9.30 Å². The van der Waals surface area contributed by atoms with Gasteiger partial charge in [-0.15, -0.1) is 0 Å². The molecule has 3 rings (SSSR count). The largest absolute Gasteiger partial charge is 0.494 e. The second-order valence-corrected chi connectivity index (χ2v) is 7.85. The zero-order valence-electron chi connectivity index (χ0n) is 14.5. The second-order valence-electron chi connectivity index (χ2n) is 5.98. The standard InChI is InChI=1S/C18H20FN3O3S/c1-13(14-7-8-18(25-2)15(19)11-14)21-26(23,24)10-9-22-12-20-16-5-3-4-6-17(16)22/h3-8,11-13,21H,9-10H2,1-2H3. The number of benzene rings is 2. The Hall–Kier alpha value is -2.45. The summed E-state index contributed by atoms with van der Waals surface area (Å²) in [6.45, 7) is 1.95. The van der Waals surface area contributed by atoms with E-state index < -0.39 is 21.9 Å². The number of nitrogens with zero attached hydrogens (tertiary/aromatic N) is 2. The van der Waals surface area contributed by atoms with Gasteiger partial charge in [0.1, 0.15) is 0 Å². The van der Waals surface area contributed by atoms with Crippen molar-refractivity contribution in [1.29, 1.82) is 0 Å². The van der Waals surface area contributed by atoms with Crippen LogP contribution in [0.1, 0.15) is 18.5 Å². The molecule has 1 unspecified atom stereocenters. The first kappa shape index (κ1) is 18.3. The quantitative estimate of drug-likeness (QED) is 0.687. The first-order valence-electron chi connectivity index (χ1n) is 8.13. The summed E-state index contributed by atoms with van der Waals surface area (Å²) in [5.41, 5.74) is 2.23. The Balaban J connectivity index is 1.67. The SMILES string of the molecule is COc1ccc(C(C)NS(=O)(=O)CCn2cnc3ccccc32)cc1F. The van der Waals surface area contributed by atoms with Crippen LogP contribution >= 0.6 is 0 Å². The summed E-state index contributed by atoms with van der Waals surface area (Å²) in [4.78, 5) is 4.25. The Morgan fingerprint density at radius 2 is 2.04 bits per heavy atom. The molecule has 1 aromatic heterocycles. The fourth-order valence-corrected chi connectivity index (χ4v) is 3.98. The average Bonchev–Trinajstić information content (AvgIpc) is 3.03. The number of aryl methyl sites for hydroxylation is 1. The van der Waals surface area contributed by atoms with Gasteiger partial charge in [-0.3, -0.25) is 0 Å². The van der Waals surface area contributed by atoms with Crippen LogP contribution < -0.4 is 9.46 Å². The van der Waals surface area contributed by atoms with E-state index in [0.29, 0.717) is 5.56 Å². The van der Waals surface area contributed by atoms with Crippen molar-refractivity contribution in [1.82, 2.24) is 14.3 Å². The lowest BCUT2D eigenvalue weighted by Crippen LogP contribution is -2.30. The molecule has 0 saturated heterocycles. The third kappa shape index (κ3) is 4.03. The molecule has 8 heteroatoms. The van der Waals surface area contributed by atoms with Crippen LogP contribution in [0.5, 0.6) is 5.75 Å². The first-order valence-corrected chi connectivity index (χ1v) is 9.78. The number of halogens is 1. The molecule has 0 spiro atoms. The van der Waals surface area contributed by atoms with E-state index >= 15 is 0 Å². The first-order chi connectivity index (χ1) is 12.4. The van der Waals surface area contributed by atoms with Gasteiger partial charge in [0.2, 0.25) is 10.0 Å². The molecule has 0 aliphatic carbocycles. The summed E-state index contributed by atoms with van der Waals surface area (Å²) < 4.78 is 47.8. The summed E-state index contributed by atoms with van der Waals surface area (Å²) in [7, 11) is -2.18. The van der Waals surface area contributed by atoms with Gasteiger partial charge >= 0.3 is 0 Å². The van der Waals surface area contributed by atoms with E-state index in [4.69, 9.17) is 4.74 Å². The molecule has 0 aliphatic heterocycles. The predicted molar refractivity (Wildman–Crippen MR) is 98.0 cm³/mol. The van der Waals surface area contributed by atoms with E-state index in [1.807, 2.05) is 24.3 Å². The maximum Gasteiger partial charge on any atom is 0.213 e. The topological polar surface area (TPSA) is 73.2 Å². The van der Waals surface area contributed by atoms with E-state index in [-0.39, 0.29) is 18.0 Å². The van der Waals surface area contributed by atoms with E-state index in [9.17, 15) is 12.8 Å². The molecule has 0 saturated carbocycles. The fraction of sp³-hybridized carbons (Fsp3) is 0.278. The monoisotopic (exact) mass is 377 g/mol. The number of methoxy groups -OCH3 is 1. The van der Waals surface area contributed by atoms with Gasteiger partial charge in [-0.25, -0.2) is 22.5 Å². The van der Waals surface area contributed by atoms with Crippen LogP contribution in [0, 0.1) is 5.82 Å². The molecule has 0 fully saturated rings. The van der Waals surface area contributed by atoms with Crippen LogP contribution in [0.2, 0.25) is 0 Å². The Morgan fingerprint density at radius 1 is 1.27 bits per heavy atom. The van der Waals surface area contributed by atoms with Crippen molar-refractivity contribution < 1.29 is 17.5 Å². The van der Waals surface area contributed by atoms with Gasteiger partial charge in [0.25, 0.3) is 0 Å². The number of nitrogens with one attached hydrogen (secondary N) is 1. The summed E-state index contributed by atoms with van der Waals surface area (Å²) in [5, 5.41) is 0. The highest BCUT2D eigenvalue weighted by Crippen LogP contribution is 2.22. The summed E-state index contributed by atoms with van der Waals surface area (Å²) in [6, 6.07) is 11.4. The number of fused-ring (bicyclic) bond motifs is 1. The van der Waals surface area contributed by atoms with E-state index in [1.54, 1.807) is 23.9 Å². The second kappa shape index (κ2) is 7.43. The molecule has 1 N–H and O–H groups in total. The van der Waals surface area contributed by atoms with E-state index in [1.165, 1.54) is 19.2 Å². The lowest BCUT2D eigenvalue weighted by molar-refractivity contribution is 0.386. The molecule has 0 aliphatic rings. The smallest absolute Gasteiger partial charge is 0.213 e. The summed E-state index contributed by atoms with van der Waals surface area (Å²) >= 11 is 0. The highest BCUT2D eigenvalue weighted by molar-refractivity contribution is 7.89. The normalized spacial score (nSPS) is 13.0. The minimum absolute atomic E-state index is 0.101. The van der Waals surface area contributed by atoms with Gasteiger partial charge in [-0.05, 0) is 36.8 Å². The number of sulfonamides is 1. The van der Waals surface area contributed by atoms with Crippen molar-refractivity contribution in [3.63, 3.8) is 0 Å². The van der Waals surface area contributed by atoms with Gasteiger partial charge in [0.15, 0.2) is 11.6 Å². The number of hydrogen-bond donors (Lipinski definition) is 1. The van der Waals surface area contributed by atoms with Crippen molar-refractivity contribution in [2.75, 3.05) is 12.9 Å². The van der Waals surface area contributed by atoms with Crippen LogP contribution in [-0.2, 0) is 16.6 Å². The molecule has 3 aromatic rings. The van der Waals surface area contributed by atoms with Gasteiger partial charge in [0, 0.05) is 12.6 Å². The fourth-order valence-electron chi connectivity index (χ4n) is 2.76. The molecule has 0 radical (unpaired) electrons. The lowest BCUT2D eigenvalue weighted by atomic mass is 10.1. The molecule has 0 amide bonds. The van der Waals surface area contributed by atoms with Crippen molar-refractivity contribution >= 4 is 21.1 Å². The lowest BCUT2D eigenvalue weighted by Gasteiger charge is -2.16. The molecule has 1 atom stereocenters. The molecule has 0 bridgehead atoms. The Bertz CT molecular complexity index is 1020. The third-order valence-electron chi connectivity index (χ3n) is 4.16. The zero-order chi connectivity index (χ0) is 18.7. The maximum absolute atomic E-state index is 13.8. The summed E-state index contributed by atoms with van der Waals surface area (Å²) in [6.07, 6.45) is 1.63. The van der Waals surface area contributed by atoms with Crippen LogP contribution in [0.15, 0.2) is 48.8 Å². The van der Waals surface area contributed by atoms with Crippen LogP contribution in [0.25, 0.3) is 11.0 Å². The molecule has 26 heavy (non-hydrogen) atoms. The number of aromatic nitrogens is 2. The van der Waals surface area contributed by atoms with Crippen LogP contribution in [-0.4, -0.2) is 30.8 Å². The minimum Gasteiger partial charge on any atom is -0.494 e. The number of hydrogen-bond acceptors (Lipinski definition) is 4. The Morgan fingerprint density at radius 3 is 2.77 bits per heavy atom. The van der Waals surface area contributed by atoms with Crippen LogP contribution in [0.3, 0.4) is 0 Å². The number of ether oxygens (including phenoxy) is 1. The van der Waals surface area contributed by atoms with Crippen molar-refractivity contribution in [3.8, 4) is 5.75 Å². The van der Waals surface area contributed by atoms with Crippen LogP contribution in [0.4, 0.5) is 4.39 Å². The highest BCUT2D eigenvalue weighted by Gasteiger charge is 2.17. The number of para-hydroxylation sites is 2. The average molecular weight is 377 g/mol. The third-order valence-corrected chi connectivity index (χ3v) is 5.59. The van der Waals surface area contributed by atoms with E-state index in [0.717, 1.165) is 11.0 Å². The number of rotatable bonds is 7. The van der Waals surface area contributed by atoms with Gasteiger partial charge in [-0.1, -0.05) is 18.2 Å². The zero-order valence-corrected chi connectivity index (χ0v) is 15.3. The van der Waals surface area contributed by atoms with Crippen molar-refractivity contribution in [3.05, 3.63) is 60.2 Å². The highest BCUT2D eigenvalue weighted by atomic mass is 32.2. The minimum atomic E-state index is -3.55. The molecular weight excluding hydrogens is 357 g/mol. The molecule has 138 valence electrons. The molecule has 6 nitrogen and oxygen atoms in total. The maximum atomic E-state index is 13.8. The number of imidazole rings is 1. The van der Waals surface area contributed by atoms with Gasteiger partial charge in [-0.2, -0.15) is 0 Å². The summed E-state index contributed by atoms with van der Waals surface area (Å²) in [5.74, 6) is -0.507. The molecular formula is C18H20FN3O3S. The van der Waals surface area contributed by atoms with Crippen molar-refractivity contribution in [2.24, 2.45) is 0 Å². The van der Waals surface area contributed by atoms with Crippen molar-refractivity contribution in [2.45, 2.75) is 19.5 Å². The Kier molecular flexibility index (Phi) is 5.24. The van der Waals surface area contributed by atoms with E-state index in [2.05, 4.69) is 9.71 Å². The molecule has 2 aromatic carbocycles. The predicted octanol–water partition coefficient (Wildman–Crippen LogP) is 2.86. The Labute approximate surface area is 151 Å². The molecule has 1 heterocycles.